The summed E-state index contributed by atoms with van der Waals surface area (Å²) in [4.78, 5) is 0. The third-order valence-corrected chi connectivity index (χ3v) is 2.79. The first kappa shape index (κ1) is 12.2. The van der Waals surface area contributed by atoms with Crippen LogP contribution < -0.4 is 5.32 Å². The highest BCUT2D eigenvalue weighted by atomic mass is 15.3. The van der Waals surface area contributed by atoms with Crippen molar-refractivity contribution in [3.63, 3.8) is 0 Å². The van der Waals surface area contributed by atoms with E-state index in [4.69, 9.17) is 0 Å². The smallest absolute Gasteiger partial charge is 0.147 e. The van der Waals surface area contributed by atoms with E-state index in [0.29, 0.717) is 18.0 Å². The van der Waals surface area contributed by atoms with Crippen molar-refractivity contribution in [2.75, 3.05) is 0 Å². The molecule has 1 rings (SSSR count). The van der Waals surface area contributed by atoms with Crippen LogP contribution in [0, 0.1) is 5.92 Å². The maximum atomic E-state index is 4.12. The minimum Gasteiger partial charge on any atom is -0.314 e. The van der Waals surface area contributed by atoms with E-state index in [1.807, 2.05) is 0 Å². The van der Waals surface area contributed by atoms with Crippen LogP contribution in [0.2, 0.25) is 0 Å². The largest absolute Gasteiger partial charge is 0.314 e. The molecule has 1 aromatic heterocycles. The van der Waals surface area contributed by atoms with Crippen molar-refractivity contribution in [1.29, 1.82) is 0 Å². The second kappa shape index (κ2) is 5.26. The predicted octanol–water partition coefficient (Wildman–Crippen LogP) is 1.99. The Balaban J connectivity index is 2.54. The molecular weight excluding hydrogens is 188 g/mol. The summed E-state index contributed by atoms with van der Waals surface area (Å²) in [6, 6.07) is 0.925. The molecule has 0 bridgehead atoms. The maximum Gasteiger partial charge on any atom is 0.147 e. The van der Waals surface area contributed by atoms with Crippen LogP contribution in [0.1, 0.15) is 46.5 Å². The molecule has 0 spiro atoms. The summed E-state index contributed by atoms with van der Waals surface area (Å²) in [5.41, 5.74) is 0. The van der Waals surface area contributed by atoms with Crippen LogP contribution in [0.15, 0.2) is 6.33 Å². The van der Waals surface area contributed by atoms with Crippen LogP contribution in [0.3, 0.4) is 0 Å². The molecule has 86 valence electrons. The zero-order valence-corrected chi connectivity index (χ0v) is 10.4. The molecule has 0 radical (unpaired) electrons. The van der Waals surface area contributed by atoms with E-state index in [9.17, 15) is 0 Å². The molecule has 1 N–H and O–H groups in total. The van der Waals surface area contributed by atoms with E-state index in [0.717, 1.165) is 12.4 Å². The van der Waals surface area contributed by atoms with E-state index in [2.05, 4.69) is 54.7 Å². The number of nitrogens with zero attached hydrogens (tertiary/aromatic N) is 3. The number of rotatable bonds is 5. The number of hydrogen-bond acceptors (Lipinski definition) is 3. The van der Waals surface area contributed by atoms with Gasteiger partial charge in [-0.05, 0) is 26.7 Å². The molecule has 1 unspecified atom stereocenters. The van der Waals surface area contributed by atoms with Gasteiger partial charge in [0.25, 0.3) is 0 Å². The molecule has 0 amide bonds. The van der Waals surface area contributed by atoms with Crippen LogP contribution in [0.25, 0.3) is 0 Å². The van der Waals surface area contributed by atoms with Gasteiger partial charge in [-0.25, -0.2) is 0 Å². The van der Waals surface area contributed by atoms with Crippen LogP contribution in [0.4, 0.5) is 0 Å². The van der Waals surface area contributed by atoms with Gasteiger partial charge in [-0.1, -0.05) is 13.8 Å². The summed E-state index contributed by atoms with van der Waals surface area (Å²) in [6.07, 6.45) is 1.79. The molecule has 4 nitrogen and oxygen atoms in total. The van der Waals surface area contributed by atoms with Gasteiger partial charge in [0.05, 0.1) is 6.54 Å². The molecule has 4 heteroatoms. The van der Waals surface area contributed by atoms with Gasteiger partial charge in [0.2, 0.25) is 0 Å². The highest BCUT2D eigenvalue weighted by Crippen LogP contribution is 2.07. The van der Waals surface area contributed by atoms with E-state index in [-0.39, 0.29) is 0 Å². The quantitative estimate of drug-likeness (QED) is 0.808. The zero-order valence-electron chi connectivity index (χ0n) is 10.4. The molecule has 1 heterocycles. The SMILES string of the molecule is CC(C)C(C)NCc1nncn1C(C)C. The maximum absolute atomic E-state index is 4.12. The van der Waals surface area contributed by atoms with Gasteiger partial charge in [0, 0.05) is 12.1 Å². The Morgan fingerprint density at radius 3 is 2.47 bits per heavy atom. The average molecular weight is 210 g/mol. The van der Waals surface area contributed by atoms with Crippen molar-refractivity contribution in [2.45, 2.75) is 53.2 Å². The van der Waals surface area contributed by atoms with E-state index < -0.39 is 0 Å². The van der Waals surface area contributed by atoms with Gasteiger partial charge in [-0.2, -0.15) is 0 Å². The van der Waals surface area contributed by atoms with E-state index >= 15 is 0 Å². The van der Waals surface area contributed by atoms with Crippen molar-refractivity contribution in [3.8, 4) is 0 Å². The topological polar surface area (TPSA) is 42.7 Å². The highest BCUT2D eigenvalue weighted by Gasteiger charge is 2.10. The third kappa shape index (κ3) is 3.30. The fraction of sp³-hybridized carbons (Fsp3) is 0.818. The molecule has 15 heavy (non-hydrogen) atoms. The van der Waals surface area contributed by atoms with Crippen molar-refractivity contribution in [3.05, 3.63) is 12.2 Å². The monoisotopic (exact) mass is 210 g/mol. The lowest BCUT2D eigenvalue weighted by atomic mass is 10.1. The van der Waals surface area contributed by atoms with Crippen LogP contribution >= 0.6 is 0 Å². The Morgan fingerprint density at radius 1 is 1.27 bits per heavy atom. The Bertz CT molecular complexity index is 291. The summed E-state index contributed by atoms with van der Waals surface area (Å²) in [6.45, 7) is 11.7. The van der Waals surface area contributed by atoms with Gasteiger partial charge in [0.1, 0.15) is 12.2 Å². The normalized spacial score (nSPS) is 13.8. The van der Waals surface area contributed by atoms with Crippen LogP contribution in [-0.2, 0) is 6.54 Å². The van der Waals surface area contributed by atoms with Crippen molar-refractivity contribution in [1.82, 2.24) is 20.1 Å². The molecule has 0 aromatic carbocycles. The summed E-state index contributed by atoms with van der Waals surface area (Å²) in [7, 11) is 0. The molecule has 0 fully saturated rings. The second-order valence-corrected chi connectivity index (χ2v) is 4.66. The minimum absolute atomic E-state index is 0.422. The molecule has 1 atom stereocenters. The molecule has 0 aliphatic heterocycles. The summed E-state index contributed by atoms with van der Waals surface area (Å²) >= 11 is 0. The Kier molecular flexibility index (Phi) is 4.27. The standard InChI is InChI=1S/C11H22N4/c1-8(2)10(5)12-6-11-14-13-7-15(11)9(3)4/h7-10,12H,6H2,1-5H3. The molecule has 1 aromatic rings. The molecule has 0 aliphatic carbocycles. The fourth-order valence-electron chi connectivity index (χ4n) is 1.31. The van der Waals surface area contributed by atoms with Crippen LogP contribution in [0.5, 0.6) is 0 Å². The summed E-state index contributed by atoms with van der Waals surface area (Å²) in [5.74, 6) is 1.65. The van der Waals surface area contributed by atoms with Gasteiger partial charge in [-0.3, -0.25) is 0 Å². The Hall–Kier alpha value is -0.900. The first-order valence-corrected chi connectivity index (χ1v) is 5.64. The fourth-order valence-corrected chi connectivity index (χ4v) is 1.31. The number of aromatic nitrogens is 3. The van der Waals surface area contributed by atoms with Gasteiger partial charge in [-0.15, -0.1) is 10.2 Å². The summed E-state index contributed by atoms with van der Waals surface area (Å²) in [5, 5.41) is 11.5. The first-order valence-electron chi connectivity index (χ1n) is 5.64. The van der Waals surface area contributed by atoms with E-state index in [1.54, 1.807) is 6.33 Å². The van der Waals surface area contributed by atoms with Crippen molar-refractivity contribution >= 4 is 0 Å². The Morgan fingerprint density at radius 2 is 1.93 bits per heavy atom. The number of nitrogens with one attached hydrogen (secondary N) is 1. The average Bonchev–Trinajstić information content (AvgIpc) is 2.61. The molecule has 0 saturated carbocycles. The predicted molar refractivity (Wildman–Crippen MR) is 61.5 cm³/mol. The van der Waals surface area contributed by atoms with Crippen LogP contribution in [-0.4, -0.2) is 20.8 Å². The van der Waals surface area contributed by atoms with Gasteiger partial charge >= 0.3 is 0 Å². The van der Waals surface area contributed by atoms with Gasteiger partial charge < -0.3 is 9.88 Å². The van der Waals surface area contributed by atoms with Crippen molar-refractivity contribution in [2.24, 2.45) is 5.92 Å². The highest BCUT2D eigenvalue weighted by molar-refractivity contribution is 4.88. The first-order chi connectivity index (χ1) is 7.02. The lowest BCUT2D eigenvalue weighted by Crippen LogP contribution is -2.31. The molecular formula is C11H22N4. The zero-order chi connectivity index (χ0) is 11.4. The molecule has 0 saturated heterocycles. The third-order valence-electron chi connectivity index (χ3n) is 2.79. The number of hydrogen-bond donors (Lipinski definition) is 1. The minimum atomic E-state index is 0.422. The summed E-state index contributed by atoms with van der Waals surface area (Å²) < 4.78 is 2.10. The molecule has 0 aliphatic rings. The Labute approximate surface area is 92.1 Å². The second-order valence-electron chi connectivity index (χ2n) is 4.66. The van der Waals surface area contributed by atoms with Gasteiger partial charge in [0.15, 0.2) is 0 Å². The van der Waals surface area contributed by atoms with E-state index in [1.165, 1.54) is 0 Å². The lowest BCUT2D eigenvalue weighted by Gasteiger charge is -2.18. The van der Waals surface area contributed by atoms with Crippen molar-refractivity contribution < 1.29 is 0 Å². The lowest BCUT2D eigenvalue weighted by molar-refractivity contribution is 0.412.